The van der Waals surface area contributed by atoms with E-state index in [0.29, 0.717) is 42.5 Å². The number of Topliss-reactive ketones (excluding diaryl/α,β-unsaturated/α-hetero) is 1. The van der Waals surface area contributed by atoms with E-state index in [1.807, 2.05) is 29.2 Å². The van der Waals surface area contributed by atoms with Gasteiger partial charge in [-0.15, -0.1) is 0 Å². The molecular weight excluding hydrogens is 432 g/mol. The fraction of sp³-hybridized carbons (Fsp3) is 0.227. The average Bonchev–Trinajstić information content (AvgIpc) is 2.79. The fourth-order valence-corrected chi connectivity index (χ4v) is 3.85. The van der Waals surface area contributed by atoms with Crippen LogP contribution < -0.4 is 15.1 Å². The first-order valence-electron chi connectivity index (χ1n) is 10.1. The maximum atomic E-state index is 12.0. The fourth-order valence-electron chi connectivity index (χ4n) is 3.66. The van der Waals surface area contributed by atoms with Gasteiger partial charge in [0.15, 0.2) is 5.78 Å². The van der Waals surface area contributed by atoms with Gasteiger partial charge in [-0.25, -0.2) is 9.97 Å². The van der Waals surface area contributed by atoms with Gasteiger partial charge in [-0.1, -0.05) is 29.8 Å². The van der Waals surface area contributed by atoms with Crippen molar-refractivity contribution in [1.29, 1.82) is 0 Å². The topological polar surface area (TPSA) is 104 Å². The summed E-state index contributed by atoms with van der Waals surface area (Å²) in [4.78, 5) is 35.5. The van der Waals surface area contributed by atoms with Gasteiger partial charge in [0.2, 0.25) is 11.6 Å². The molecule has 10 heteroatoms. The Labute approximate surface area is 189 Å². The molecule has 2 aromatic carbocycles. The van der Waals surface area contributed by atoms with E-state index in [0.717, 1.165) is 5.69 Å². The van der Waals surface area contributed by atoms with Crippen molar-refractivity contribution in [3.63, 3.8) is 0 Å². The lowest BCUT2D eigenvalue weighted by molar-refractivity contribution is -0.383. The monoisotopic (exact) mass is 452 g/mol. The van der Waals surface area contributed by atoms with Gasteiger partial charge in [-0.2, -0.15) is 0 Å². The number of halogens is 1. The second-order valence-corrected chi connectivity index (χ2v) is 7.80. The lowest BCUT2D eigenvalue weighted by Gasteiger charge is -2.36. The molecule has 1 fully saturated rings. The van der Waals surface area contributed by atoms with Gasteiger partial charge in [-0.3, -0.25) is 14.9 Å². The van der Waals surface area contributed by atoms with Gasteiger partial charge in [0.05, 0.1) is 4.92 Å². The molecule has 0 spiro atoms. The highest BCUT2D eigenvalue weighted by Gasteiger charge is 2.29. The summed E-state index contributed by atoms with van der Waals surface area (Å²) in [6.45, 7) is 3.93. The third kappa shape index (κ3) is 4.62. The number of nitrogens with zero attached hydrogens (tertiary/aromatic N) is 5. The zero-order chi connectivity index (χ0) is 22.7. The molecule has 4 rings (SSSR count). The van der Waals surface area contributed by atoms with Crippen molar-refractivity contribution in [2.24, 2.45) is 0 Å². The first-order chi connectivity index (χ1) is 15.4. The Bertz CT molecular complexity index is 1160. The zero-order valence-electron chi connectivity index (χ0n) is 17.4. The van der Waals surface area contributed by atoms with E-state index in [1.165, 1.54) is 13.3 Å². The molecular formula is C22H21ClN6O3. The molecule has 3 aromatic rings. The number of anilines is 4. The largest absolute Gasteiger partial charge is 0.368 e. The minimum absolute atomic E-state index is 0.0815. The van der Waals surface area contributed by atoms with Crippen LogP contribution in [0.2, 0.25) is 5.02 Å². The van der Waals surface area contributed by atoms with Crippen LogP contribution in [0.5, 0.6) is 0 Å². The molecule has 0 amide bonds. The number of carbonyl (C=O) groups excluding carboxylic acids is 1. The number of nitro groups is 1. The summed E-state index contributed by atoms with van der Waals surface area (Å²) < 4.78 is 0. The highest BCUT2D eigenvalue weighted by atomic mass is 35.5. The normalized spacial score (nSPS) is 13.7. The quantitative estimate of drug-likeness (QED) is 0.335. The van der Waals surface area contributed by atoms with Crippen LogP contribution in [0.25, 0.3) is 0 Å². The Morgan fingerprint density at radius 3 is 2.47 bits per heavy atom. The summed E-state index contributed by atoms with van der Waals surface area (Å²) >= 11 is 6.10. The Balaban J connectivity index is 1.57. The van der Waals surface area contributed by atoms with Crippen LogP contribution in [0.3, 0.4) is 0 Å². The first-order valence-corrected chi connectivity index (χ1v) is 10.4. The Kier molecular flexibility index (Phi) is 6.18. The summed E-state index contributed by atoms with van der Waals surface area (Å²) in [6.07, 6.45) is 1.31. The number of carbonyl (C=O) groups is 1. The number of hydrogen-bond donors (Lipinski definition) is 1. The summed E-state index contributed by atoms with van der Waals surface area (Å²) in [5, 5.41) is 15.6. The smallest absolute Gasteiger partial charge is 0.353 e. The van der Waals surface area contributed by atoms with E-state index in [2.05, 4.69) is 20.2 Å². The number of ketones is 1. The zero-order valence-corrected chi connectivity index (χ0v) is 18.1. The Hall–Kier alpha value is -3.72. The van der Waals surface area contributed by atoms with Crippen molar-refractivity contribution < 1.29 is 9.72 Å². The third-order valence-corrected chi connectivity index (χ3v) is 5.51. The molecule has 0 aliphatic carbocycles. The highest BCUT2D eigenvalue weighted by molar-refractivity contribution is 6.30. The van der Waals surface area contributed by atoms with Crippen molar-refractivity contribution in [1.82, 2.24) is 9.97 Å². The molecule has 1 N–H and O–H groups in total. The van der Waals surface area contributed by atoms with Crippen LogP contribution in [-0.2, 0) is 0 Å². The first kappa shape index (κ1) is 21.5. The maximum absolute atomic E-state index is 12.0. The van der Waals surface area contributed by atoms with Crippen molar-refractivity contribution in [3.8, 4) is 0 Å². The molecule has 164 valence electrons. The number of hydrogen-bond acceptors (Lipinski definition) is 8. The number of benzene rings is 2. The van der Waals surface area contributed by atoms with Crippen LogP contribution in [0.4, 0.5) is 28.7 Å². The van der Waals surface area contributed by atoms with Crippen LogP contribution in [0.1, 0.15) is 17.3 Å². The van der Waals surface area contributed by atoms with Crippen molar-refractivity contribution in [3.05, 3.63) is 75.6 Å². The summed E-state index contributed by atoms with van der Waals surface area (Å²) in [5.41, 5.74) is 1.86. The molecule has 9 nitrogen and oxygen atoms in total. The molecule has 0 radical (unpaired) electrons. The maximum Gasteiger partial charge on any atom is 0.353 e. The number of aromatic nitrogens is 2. The molecule has 2 heterocycles. The molecule has 32 heavy (non-hydrogen) atoms. The summed E-state index contributed by atoms with van der Waals surface area (Å²) in [6, 6.07) is 14.4. The average molecular weight is 453 g/mol. The minimum Gasteiger partial charge on any atom is -0.368 e. The van der Waals surface area contributed by atoms with E-state index in [9.17, 15) is 14.9 Å². The predicted octanol–water partition coefficient (Wildman–Crippen LogP) is 4.31. The lowest BCUT2D eigenvalue weighted by Crippen LogP contribution is -2.47. The van der Waals surface area contributed by atoms with E-state index >= 15 is 0 Å². The lowest BCUT2D eigenvalue weighted by atomic mass is 10.1. The SMILES string of the molecule is CC(=O)c1cccc(Nc2ncnc(N3CCN(c4cccc(Cl)c4)CC3)c2[N+](=O)[O-])c1. The molecule has 0 saturated carbocycles. The van der Waals surface area contributed by atoms with Crippen LogP contribution in [0.15, 0.2) is 54.9 Å². The Morgan fingerprint density at radius 2 is 1.78 bits per heavy atom. The van der Waals surface area contributed by atoms with Crippen molar-refractivity contribution >= 4 is 46.1 Å². The van der Waals surface area contributed by atoms with Crippen LogP contribution >= 0.6 is 11.6 Å². The van der Waals surface area contributed by atoms with E-state index in [4.69, 9.17) is 11.6 Å². The summed E-state index contributed by atoms with van der Waals surface area (Å²) in [5.74, 6) is 0.253. The third-order valence-electron chi connectivity index (χ3n) is 5.27. The Morgan fingerprint density at radius 1 is 1.06 bits per heavy atom. The predicted molar refractivity (Wildman–Crippen MR) is 124 cm³/mol. The van der Waals surface area contributed by atoms with Crippen molar-refractivity contribution in [2.45, 2.75) is 6.92 Å². The van der Waals surface area contributed by atoms with Gasteiger partial charge in [-0.05, 0) is 37.3 Å². The van der Waals surface area contributed by atoms with Crippen molar-refractivity contribution in [2.75, 3.05) is 41.3 Å². The number of nitrogens with one attached hydrogen (secondary N) is 1. The molecule has 1 aliphatic rings. The van der Waals surface area contributed by atoms with Crippen LogP contribution in [0, 0.1) is 10.1 Å². The minimum atomic E-state index is -0.476. The molecule has 0 atom stereocenters. The van der Waals surface area contributed by atoms with Gasteiger partial charge < -0.3 is 15.1 Å². The summed E-state index contributed by atoms with van der Waals surface area (Å²) in [7, 11) is 0. The molecule has 1 aliphatic heterocycles. The van der Waals surface area contributed by atoms with Gasteiger partial charge in [0.1, 0.15) is 6.33 Å². The van der Waals surface area contributed by atoms with Gasteiger partial charge in [0.25, 0.3) is 0 Å². The second-order valence-electron chi connectivity index (χ2n) is 7.37. The molecule has 0 unspecified atom stereocenters. The standard InChI is InChI=1S/C22H21ClN6O3/c1-15(30)16-4-2-6-18(12-16)26-21-20(29(31)32)22(25-14-24-21)28-10-8-27(9-11-28)19-7-3-5-17(23)13-19/h2-7,12-14H,8-11H2,1H3,(H,24,25,26). The number of rotatable bonds is 6. The van der Waals surface area contributed by atoms with Gasteiger partial charge in [0, 0.05) is 48.1 Å². The van der Waals surface area contributed by atoms with E-state index in [-0.39, 0.29) is 23.1 Å². The molecule has 1 aromatic heterocycles. The van der Waals surface area contributed by atoms with Gasteiger partial charge >= 0.3 is 5.69 Å². The molecule has 0 bridgehead atoms. The van der Waals surface area contributed by atoms with E-state index in [1.54, 1.807) is 24.3 Å². The number of piperazine rings is 1. The highest BCUT2D eigenvalue weighted by Crippen LogP contribution is 2.34. The van der Waals surface area contributed by atoms with Crippen LogP contribution in [-0.4, -0.2) is 46.9 Å². The molecule has 1 saturated heterocycles. The van der Waals surface area contributed by atoms with E-state index < -0.39 is 4.92 Å². The second kappa shape index (κ2) is 9.19.